The minimum atomic E-state index is 1.14. The molecule has 0 unspecified atom stereocenters. The zero-order valence-corrected chi connectivity index (χ0v) is 7.54. The molecule has 3 radical (unpaired) electrons. The van der Waals surface area contributed by atoms with Gasteiger partial charge in [0.1, 0.15) is 0 Å². The van der Waals surface area contributed by atoms with E-state index in [1.165, 1.54) is 16.2 Å². The largest absolute Gasteiger partial charge is 0.0537 e. The third-order valence-corrected chi connectivity index (χ3v) is 2.40. The van der Waals surface area contributed by atoms with Crippen LogP contribution in [0.15, 0.2) is 42.5 Å². The first-order valence-electron chi connectivity index (χ1n) is 4.55. The minimum absolute atomic E-state index is 1.14. The first-order chi connectivity index (χ1) is 6.93. The first kappa shape index (κ1) is 7.57. The van der Waals surface area contributed by atoms with Crippen LogP contribution in [0.2, 0.25) is 0 Å². The SMILES string of the molecule is [c]1c[c]c2cc3cc[c]cc3cc2c1. The fourth-order valence-corrected chi connectivity index (χ4v) is 1.69. The van der Waals surface area contributed by atoms with Gasteiger partial charge < -0.3 is 0 Å². The van der Waals surface area contributed by atoms with Gasteiger partial charge in [-0.3, -0.25) is 0 Å². The summed E-state index contributed by atoms with van der Waals surface area (Å²) in [5.41, 5.74) is 0. The van der Waals surface area contributed by atoms with E-state index in [9.17, 15) is 0 Å². The molecule has 3 aromatic carbocycles. The van der Waals surface area contributed by atoms with Crippen LogP contribution in [0.3, 0.4) is 0 Å². The number of benzene rings is 3. The van der Waals surface area contributed by atoms with E-state index in [-0.39, 0.29) is 0 Å². The predicted octanol–water partition coefficient (Wildman–Crippen LogP) is 3.39. The van der Waals surface area contributed by atoms with Crippen molar-refractivity contribution in [1.29, 1.82) is 0 Å². The Morgan fingerprint density at radius 1 is 0.857 bits per heavy atom. The van der Waals surface area contributed by atoms with Crippen molar-refractivity contribution in [3.8, 4) is 0 Å². The van der Waals surface area contributed by atoms with E-state index in [4.69, 9.17) is 0 Å². The summed E-state index contributed by atoms with van der Waals surface area (Å²) < 4.78 is 0. The lowest BCUT2D eigenvalue weighted by Crippen LogP contribution is -1.75. The molecule has 3 rings (SSSR count). The molecule has 0 saturated carbocycles. The Hall–Kier alpha value is -1.82. The minimum Gasteiger partial charge on any atom is -0.0537 e. The van der Waals surface area contributed by atoms with Gasteiger partial charge in [0.15, 0.2) is 0 Å². The predicted molar refractivity (Wildman–Crippen MR) is 58.0 cm³/mol. The molecule has 0 aliphatic rings. The van der Waals surface area contributed by atoms with Gasteiger partial charge in [-0.15, -0.1) is 0 Å². The molecule has 3 aromatic rings. The molecule has 0 nitrogen and oxygen atoms in total. The first-order valence-corrected chi connectivity index (χ1v) is 4.55. The molecule has 0 heteroatoms. The zero-order chi connectivity index (χ0) is 9.38. The summed E-state index contributed by atoms with van der Waals surface area (Å²) in [6.45, 7) is 0. The fraction of sp³-hybridized carbons (Fsp3) is 0. The summed E-state index contributed by atoms with van der Waals surface area (Å²) >= 11 is 0. The Morgan fingerprint density at radius 3 is 2.79 bits per heavy atom. The van der Waals surface area contributed by atoms with Crippen molar-refractivity contribution in [3.05, 3.63) is 60.7 Å². The Morgan fingerprint density at radius 2 is 1.79 bits per heavy atom. The molecule has 0 fully saturated rings. The number of hydrogen-bond donors (Lipinski definition) is 0. The molecule has 0 aromatic heterocycles. The van der Waals surface area contributed by atoms with Crippen LogP contribution >= 0.6 is 0 Å². The van der Waals surface area contributed by atoms with Crippen molar-refractivity contribution >= 4 is 21.5 Å². The van der Waals surface area contributed by atoms with Crippen molar-refractivity contribution in [2.45, 2.75) is 0 Å². The normalized spacial score (nSPS) is 10.9. The van der Waals surface area contributed by atoms with E-state index in [0.717, 1.165) is 5.39 Å². The smallest absolute Gasteiger partial charge is 0.00926 e. The van der Waals surface area contributed by atoms with Crippen LogP contribution in [0.25, 0.3) is 21.5 Å². The molecule has 0 bridgehead atoms. The molecule has 0 N–H and O–H groups in total. The highest BCUT2D eigenvalue weighted by molar-refractivity contribution is 5.97. The Kier molecular flexibility index (Phi) is 1.54. The third kappa shape index (κ3) is 1.08. The highest BCUT2D eigenvalue weighted by Crippen LogP contribution is 2.21. The van der Waals surface area contributed by atoms with Gasteiger partial charge in [-0.1, -0.05) is 12.1 Å². The molecule has 0 saturated heterocycles. The van der Waals surface area contributed by atoms with Crippen LogP contribution < -0.4 is 0 Å². The molecule has 0 spiro atoms. The lowest BCUT2D eigenvalue weighted by atomic mass is 10.0. The van der Waals surface area contributed by atoms with E-state index in [1.807, 2.05) is 24.3 Å². The van der Waals surface area contributed by atoms with Gasteiger partial charge in [-0.05, 0) is 70.1 Å². The van der Waals surface area contributed by atoms with Gasteiger partial charge in [0.25, 0.3) is 0 Å². The molecular weight excluding hydrogens is 168 g/mol. The molecule has 14 heavy (non-hydrogen) atoms. The van der Waals surface area contributed by atoms with Crippen LogP contribution in [0, 0.1) is 18.2 Å². The monoisotopic (exact) mass is 175 g/mol. The quantitative estimate of drug-likeness (QED) is 0.459. The van der Waals surface area contributed by atoms with Gasteiger partial charge in [0, 0.05) is 0 Å². The summed E-state index contributed by atoms with van der Waals surface area (Å²) in [6.07, 6.45) is 0. The zero-order valence-electron chi connectivity index (χ0n) is 7.54. The third-order valence-electron chi connectivity index (χ3n) is 2.40. The van der Waals surface area contributed by atoms with Gasteiger partial charge in [0.2, 0.25) is 0 Å². The molecule has 0 atom stereocenters. The maximum atomic E-state index is 3.18. The Bertz CT molecular complexity index is 489. The van der Waals surface area contributed by atoms with E-state index in [1.54, 1.807) is 0 Å². The van der Waals surface area contributed by atoms with Crippen molar-refractivity contribution in [3.63, 3.8) is 0 Å². The second-order valence-electron chi connectivity index (χ2n) is 3.31. The molecular formula is C14H7. The van der Waals surface area contributed by atoms with E-state index in [0.29, 0.717) is 0 Å². The lowest BCUT2D eigenvalue weighted by Gasteiger charge is -2.00. The lowest BCUT2D eigenvalue weighted by molar-refractivity contribution is 1.74. The Balaban J connectivity index is 2.52. The summed E-state index contributed by atoms with van der Waals surface area (Å²) in [7, 11) is 0. The summed E-state index contributed by atoms with van der Waals surface area (Å²) in [5.74, 6) is 0. The van der Waals surface area contributed by atoms with E-state index < -0.39 is 0 Å². The van der Waals surface area contributed by atoms with Gasteiger partial charge >= 0.3 is 0 Å². The molecule has 0 aliphatic carbocycles. The average molecular weight is 175 g/mol. The van der Waals surface area contributed by atoms with Crippen molar-refractivity contribution in [2.24, 2.45) is 0 Å². The van der Waals surface area contributed by atoms with Crippen LogP contribution in [0.4, 0.5) is 0 Å². The topological polar surface area (TPSA) is 0 Å². The van der Waals surface area contributed by atoms with Gasteiger partial charge in [-0.25, -0.2) is 0 Å². The molecule has 63 valence electrons. The second-order valence-corrected chi connectivity index (χ2v) is 3.31. The number of hydrogen-bond acceptors (Lipinski definition) is 0. The number of fused-ring (bicyclic) bond motifs is 2. The van der Waals surface area contributed by atoms with Crippen molar-refractivity contribution in [1.82, 2.24) is 0 Å². The summed E-state index contributed by atoms with van der Waals surface area (Å²) in [6, 6.07) is 23.4. The maximum Gasteiger partial charge on any atom is -0.00926 e. The molecule has 0 amide bonds. The van der Waals surface area contributed by atoms with Crippen LogP contribution in [-0.2, 0) is 0 Å². The molecule has 0 heterocycles. The summed E-state index contributed by atoms with van der Waals surface area (Å²) in [5, 5.41) is 4.77. The maximum absolute atomic E-state index is 3.18. The van der Waals surface area contributed by atoms with Crippen LogP contribution in [-0.4, -0.2) is 0 Å². The highest BCUT2D eigenvalue weighted by Gasteiger charge is 1.95. The second kappa shape index (κ2) is 2.85. The van der Waals surface area contributed by atoms with Crippen LogP contribution in [0.1, 0.15) is 0 Å². The van der Waals surface area contributed by atoms with E-state index >= 15 is 0 Å². The van der Waals surface area contributed by atoms with Gasteiger partial charge in [0.05, 0.1) is 0 Å². The van der Waals surface area contributed by atoms with Crippen molar-refractivity contribution in [2.75, 3.05) is 0 Å². The fourth-order valence-electron chi connectivity index (χ4n) is 1.69. The Labute approximate surface area is 82.8 Å². The number of rotatable bonds is 0. The molecule has 0 aliphatic heterocycles. The van der Waals surface area contributed by atoms with Crippen LogP contribution in [0.5, 0.6) is 0 Å². The van der Waals surface area contributed by atoms with Crippen molar-refractivity contribution < 1.29 is 0 Å². The standard InChI is InChI=1S/C14H7/c1-2-6-12-10-14-8-4-3-7-13(14)9-11(12)5-1/h1,3,5-6,8-10H. The van der Waals surface area contributed by atoms with E-state index in [2.05, 4.69) is 36.4 Å². The summed E-state index contributed by atoms with van der Waals surface area (Å²) in [4.78, 5) is 0. The average Bonchev–Trinajstić information content (AvgIpc) is 2.26. The highest BCUT2D eigenvalue weighted by atomic mass is 14.0. The van der Waals surface area contributed by atoms with Gasteiger partial charge in [-0.2, -0.15) is 0 Å².